The van der Waals surface area contributed by atoms with Crippen LogP contribution in [-0.2, 0) is 11.3 Å². The standard InChI is InChI=1S/C16H22F2N4O/c1-3-19-16(22-8-6-21(7-9-22)12(2)23)20-11-13-10-14(17)4-5-15(13)18/h4-5,10H,3,6-9,11H2,1-2H3,(H,19,20). The summed E-state index contributed by atoms with van der Waals surface area (Å²) >= 11 is 0. The van der Waals surface area contributed by atoms with E-state index < -0.39 is 11.6 Å². The fourth-order valence-electron chi connectivity index (χ4n) is 2.48. The Morgan fingerprint density at radius 2 is 1.87 bits per heavy atom. The zero-order chi connectivity index (χ0) is 16.8. The third kappa shape index (κ3) is 4.64. The maximum Gasteiger partial charge on any atom is 0.219 e. The lowest BCUT2D eigenvalue weighted by molar-refractivity contribution is -0.130. The first-order valence-corrected chi connectivity index (χ1v) is 7.74. The second kappa shape index (κ2) is 7.89. The van der Waals surface area contributed by atoms with Crippen LogP contribution in [0, 0.1) is 11.6 Å². The first-order chi connectivity index (χ1) is 11.0. The number of nitrogens with zero attached hydrogens (tertiary/aromatic N) is 3. The summed E-state index contributed by atoms with van der Waals surface area (Å²) in [5, 5.41) is 3.16. The van der Waals surface area contributed by atoms with Gasteiger partial charge < -0.3 is 15.1 Å². The smallest absolute Gasteiger partial charge is 0.219 e. The molecule has 5 nitrogen and oxygen atoms in total. The van der Waals surface area contributed by atoms with Gasteiger partial charge in [0.2, 0.25) is 5.91 Å². The lowest BCUT2D eigenvalue weighted by Crippen LogP contribution is -2.53. The minimum atomic E-state index is -0.475. The number of carbonyl (C=O) groups is 1. The molecule has 2 rings (SSSR count). The molecule has 1 saturated heterocycles. The van der Waals surface area contributed by atoms with Crippen molar-refractivity contribution in [3.05, 3.63) is 35.4 Å². The topological polar surface area (TPSA) is 47.9 Å². The highest BCUT2D eigenvalue weighted by atomic mass is 19.1. The quantitative estimate of drug-likeness (QED) is 0.679. The van der Waals surface area contributed by atoms with Gasteiger partial charge in [0.15, 0.2) is 5.96 Å². The number of guanidine groups is 1. The van der Waals surface area contributed by atoms with Crippen molar-refractivity contribution in [2.75, 3.05) is 32.7 Å². The molecule has 1 aromatic carbocycles. The van der Waals surface area contributed by atoms with Gasteiger partial charge in [0, 0.05) is 45.2 Å². The average molecular weight is 324 g/mol. The van der Waals surface area contributed by atoms with Gasteiger partial charge >= 0.3 is 0 Å². The summed E-state index contributed by atoms with van der Waals surface area (Å²) in [5.41, 5.74) is 0.225. The number of nitrogens with one attached hydrogen (secondary N) is 1. The molecule has 1 amide bonds. The zero-order valence-electron chi connectivity index (χ0n) is 13.5. The van der Waals surface area contributed by atoms with E-state index in [-0.39, 0.29) is 18.0 Å². The number of piperazine rings is 1. The second-order valence-electron chi connectivity index (χ2n) is 5.40. The van der Waals surface area contributed by atoms with Crippen molar-refractivity contribution in [1.82, 2.24) is 15.1 Å². The van der Waals surface area contributed by atoms with Gasteiger partial charge in [-0.25, -0.2) is 13.8 Å². The number of hydrogen-bond donors (Lipinski definition) is 1. The van der Waals surface area contributed by atoms with Crippen molar-refractivity contribution in [2.24, 2.45) is 4.99 Å². The van der Waals surface area contributed by atoms with Gasteiger partial charge in [-0.05, 0) is 25.1 Å². The normalized spacial score (nSPS) is 15.7. The van der Waals surface area contributed by atoms with Crippen molar-refractivity contribution in [3.63, 3.8) is 0 Å². The van der Waals surface area contributed by atoms with Crippen LogP contribution in [0.2, 0.25) is 0 Å². The number of hydrogen-bond acceptors (Lipinski definition) is 2. The molecule has 1 N–H and O–H groups in total. The zero-order valence-corrected chi connectivity index (χ0v) is 13.5. The summed E-state index contributed by atoms with van der Waals surface area (Å²) in [6.45, 7) is 6.85. The maximum absolute atomic E-state index is 13.7. The highest BCUT2D eigenvalue weighted by Crippen LogP contribution is 2.11. The molecule has 0 radical (unpaired) electrons. The molecule has 7 heteroatoms. The molecular formula is C16H22F2N4O. The van der Waals surface area contributed by atoms with Gasteiger partial charge in [-0.2, -0.15) is 0 Å². The fraction of sp³-hybridized carbons (Fsp3) is 0.500. The van der Waals surface area contributed by atoms with E-state index in [9.17, 15) is 13.6 Å². The van der Waals surface area contributed by atoms with Crippen molar-refractivity contribution < 1.29 is 13.6 Å². The van der Waals surface area contributed by atoms with Crippen LogP contribution in [0.15, 0.2) is 23.2 Å². The van der Waals surface area contributed by atoms with E-state index >= 15 is 0 Å². The van der Waals surface area contributed by atoms with Crippen LogP contribution in [0.5, 0.6) is 0 Å². The number of amides is 1. The Morgan fingerprint density at radius 1 is 1.22 bits per heavy atom. The van der Waals surface area contributed by atoms with Gasteiger partial charge in [0.1, 0.15) is 11.6 Å². The van der Waals surface area contributed by atoms with Crippen LogP contribution >= 0.6 is 0 Å². The van der Waals surface area contributed by atoms with Crippen molar-refractivity contribution in [1.29, 1.82) is 0 Å². The van der Waals surface area contributed by atoms with E-state index in [1.807, 2.05) is 11.8 Å². The Labute approximate surface area is 135 Å². The number of aliphatic imine (C=N–C) groups is 1. The monoisotopic (exact) mass is 324 g/mol. The Morgan fingerprint density at radius 3 is 2.48 bits per heavy atom. The van der Waals surface area contributed by atoms with Gasteiger partial charge in [-0.3, -0.25) is 4.79 Å². The largest absolute Gasteiger partial charge is 0.357 e. The van der Waals surface area contributed by atoms with Gasteiger partial charge in [-0.1, -0.05) is 0 Å². The molecule has 0 aliphatic carbocycles. The predicted octanol–water partition coefficient (Wildman–Crippen LogP) is 1.59. The van der Waals surface area contributed by atoms with Crippen LogP contribution in [-0.4, -0.2) is 54.4 Å². The Balaban J connectivity index is 2.06. The Bertz CT molecular complexity index is 583. The second-order valence-corrected chi connectivity index (χ2v) is 5.40. The van der Waals surface area contributed by atoms with Crippen LogP contribution < -0.4 is 5.32 Å². The highest BCUT2D eigenvalue weighted by Gasteiger charge is 2.20. The summed E-state index contributed by atoms with van der Waals surface area (Å²) in [6, 6.07) is 3.36. The molecule has 0 unspecified atom stereocenters. The summed E-state index contributed by atoms with van der Waals surface area (Å²) < 4.78 is 26.9. The fourth-order valence-corrected chi connectivity index (χ4v) is 2.48. The first-order valence-electron chi connectivity index (χ1n) is 7.74. The van der Waals surface area contributed by atoms with E-state index in [2.05, 4.69) is 10.3 Å². The van der Waals surface area contributed by atoms with Gasteiger partial charge in [0.25, 0.3) is 0 Å². The van der Waals surface area contributed by atoms with Gasteiger partial charge in [0.05, 0.1) is 6.54 Å². The third-order valence-electron chi connectivity index (χ3n) is 3.77. The Kier molecular flexibility index (Phi) is 5.90. The molecule has 0 bridgehead atoms. The predicted molar refractivity (Wildman–Crippen MR) is 85.0 cm³/mol. The summed E-state index contributed by atoms with van der Waals surface area (Å²) in [7, 11) is 0. The van der Waals surface area contributed by atoms with Crippen molar-refractivity contribution in [2.45, 2.75) is 20.4 Å². The Hall–Kier alpha value is -2.18. The van der Waals surface area contributed by atoms with Gasteiger partial charge in [-0.15, -0.1) is 0 Å². The molecule has 0 spiro atoms. The van der Waals surface area contributed by atoms with E-state index in [0.29, 0.717) is 38.7 Å². The molecule has 0 saturated carbocycles. The maximum atomic E-state index is 13.7. The summed E-state index contributed by atoms with van der Waals surface area (Å²) in [6.07, 6.45) is 0. The molecule has 1 aromatic rings. The minimum Gasteiger partial charge on any atom is -0.357 e. The first kappa shape index (κ1) is 17.2. The molecular weight excluding hydrogens is 302 g/mol. The van der Waals surface area contributed by atoms with E-state index in [0.717, 1.165) is 18.2 Å². The van der Waals surface area contributed by atoms with E-state index in [1.165, 1.54) is 0 Å². The number of carbonyl (C=O) groups excluding carboxylic acids is 1. The molecule has 23 heavy (non-hydrogen) atoms. The lowest BCUT2D eigenvalue weighted by Gasteiger charge is -2.36. The molecule has 0 aromatic heterocycles. The van der Waals surface area contributed by atoms with E-state index in [4.69, 9.17) is 0 Å². The van der Waals surface area contributed by atoms with Crippen LogP contribution in [0.25, 0.3) is 0 Å². The molecule has 1 aliphatic rings. The number of benzene rings is 1. The summed E-state index contributed by atoms with van der Waals surface area (Å²) in [4.78, 5) is 19.6. The molecule has 1 fully saturated rings. The molecule has 1 aliphatic heterocycles. The molecule has 126 valence electrons. The van der Waals surface area contributed by atoms with E-state index in [1.54, 1.807) is 11.8 Å². The molecule has 0 atom stereocenters. The molecule has 1 heterocycles. The van der Waals surface area contributed by atoms with Crippen LogP contribution in [0.3, 0.4) is 0 Å². The minimum absolute atomic E-state index is 0.0634. The average Bonchev–Trinajstić information content (AvgIpc) is 2.54. The summed E-state index contributed by atoms with van der Waals surface area (Å²) in [5.74, 6) is -0.225. The SMILES string of the molecule is CCNC(=NCc1cc(F)ccc1F)N1CCN(C(C)=O)CC1. The van der Waals surface area contributed by atoms with Crippen LogP contribution in [0.1, 0.15) is 19.4 Å². The van der Waals surface area contributed by atoms with Crippen LogP contribution in [0.4, 0.5) is 8.78 Å². The van der Waals surface area contributed by atoms with Crippen molar-refractivity contribution in [3.8, 4) is 0 Å². The lowest BCUT2D eigenvalue weighted by atomic mass is 10.2. The number of rotatable bonds is 3. The third-order valence-corrected chi connectivity index (χ3v) is 3.77. The highest BCUT2D eigenvalue weighted by molar-refractivity contribution is 5.80. The van der Waals surface area contributed by atoms with Crippen molar-refractivity contribution >= 4 is 11.9 Å². The number of halogens is 2.